The molecular weight excluding hydrogens is 228 g/mol. The highest BCUT2D eigenvalue weighted by Gasteiger charge is 2.37. The highest BCUT2D eigenvalue weighted by Crippen LogP contribution is 2.24. The Morgan fingerprint density at radius 2 is 2.17 bits per heavy atom. The molecule has 1 aliphatic rings. The Hall–Kier alpha value is -1.62. The van der Waals surface area contributed by atoms with Crippen LogP contribution in [0.1, 0.15) is 12.0 Å². The molecule has 1 fully saturated rings. The van der Waals surface area contributed by atoms with E-state index in [0.29, 0.717) is 6.04 Å². The van der Waals surface area contributed by atoms with Crippen molar-refractivity contribution in [2.45, 2.75) is 24.9 Å². The third-order valence-electron chi connectivity index (χ3n) is 3.65. The molecule has 0 bridgehead atoms. The lowest BCUT2D eigenvalue weighted by atomic mass is 10.0. The fourth-order valence-corrected chi connectivity index (χ4v) is 2.72. The largest absolute Gasteiger partial charge is 0.351 e. The lowest BCUT2D eigenvalue weighted by Gasteiger charge is -2.30. The third-order valence-corrected chi connectivity index (χ3v) is 3.65. The van der Waals surface area contributed by atoms with Gasteiger partial charge in [-0.15, -0.1) is 0 Å². The Balaban J connectivity index is 2.16. The number of likely N-dealkylation sites (N-methyl/N-ethyl adjacent to an activating group) is 1. The minimum Gasteiger partial charge on any atom is -0.351 e. The van der Waals surface area contributed by atoms with E-state index in [1.807, 2.05) is 12.1 Å². The van der Waals surface area contributed by atoms with Crippen molar-refractivity contribution in [3.05, 3.63) is 30.1 Å². The number of amides is 2. The second kappa shape index (κ2) is 5.35. The third kappa shape index (κ3) is 2.61. The van der Waals surface area contributed by atoms with Gasteiger partial charge in [0.15, 0.2) is 0 Å². The van der Waals surface area contributed by atoms with Gasteiger partial charge in [0.05, 0.1) is 6.04 Å². The van der Waals surface area contributed by atoms with E-state index in [1.165, 1.54) is 5.56 Å². The van der Waals surface area contributed by atoms with Gasteiger partial charge in [0, 0.05) is 25.0 Å². The zero-order chi connectivity index (χ0) is 13.1. The van der Waals surface area contributed by atoms with Gasteiger partial charge in [0.1, 0.15) is 0 Å². The average molecular weight is 248 g/mol. The summed E-state index contributed by atoms with van der Waals surface area (Å²) < 4.78 is 0. The van der Waals surface area contributed by atoms with Crippen LogP contribution in [0.5, 0.6) is 0 Å². The van der Waals surface area contributed by atoms with E-state index in [9.17, 15) is 4.79 Å². The van der Waals surface area contributed by atoms with E-state index in [1.54, 1.807) is 17.3 Å². The highest BCUT2D eigenvalue weighted by atomic mass is 16.2. The van der Waals surface area contributed by atoms with E-state index in [4.69, 9.17) is 5.73 Å². The summed E-state index contributed by atoms with van der Waals surface area (Å²) in [5.74, 6) is 0. The number of rotatable bonds is 3. The number of carbonyl (C=O) groups excluding carboxylic acids is 1. The molecule has 5 heteroatoms. The first-order valence-electron chi connectivity index (χ1n) is 6.21. The fourth-order valence-electron chi connectivity index (χ4n) is 2.72. The number of hydrogen-bond donors (Lipinski definition) is 1. The quantitative estimate of drug-likeness (QED) is 0.856. The van der Waals surface area contributed by atoms with Crippen LogP contribution in [-0.2, 0) is 6.42 Å². The van der Waals surface area contributed by atoms with Crippen LogP contribution in [0.25, 0.3) is 0 Å². The molecule has 98 valence electrons. The summed E-state index contributed by atoms with van der Waals surface area (Å²) in [4.78, 5) is 19.5. The summed E-state index contributed by atoms with van der Waals surface area (Å²) in [5, 5.41) is 0. The first-order chi connectivity index (χ1) is 8.59. The van der Waals surface area contributed by atoms with Gasteiger partial charge >= 0.3 is 6.03 Å². The standard InChI is InChI=1S/C13H20N4O/c1-16(2)11-5-8-17(13(14)18)12(11)9-10-3-6-15-7-4-10/h3-4,6-7,11-12H,5,8-9H2,1-2H3,(H2,14,18)/t11-,12+/m1/s1. The second-order valence-corrected chi connectivity index (χ2v) is 4.98. The SMILES string of the molecule is CN(C)[C@@H]1CCN(C(N)=O)[C@H]1Cc1ccncc1. The Morgan fingerprint density at radius 3 is 2.72 bits per heavy atom. The van der Waals surface area contributed by atoms with Crippen LogP contribution in [0.2, 0.25) is 0 Å². The highest BCUT2D eigenvalue weighted by molar-refractivity contribution is 5.73. The van der Waals surface area contributed by atoms with Gasteiger partial charge in [-0.25, -0.2) is 4.79 Å². The van der Waals surface area contributed by atoms with Crippen LogP contribution in [0, 0.1) is 0 Å². The van der Waals surface area contributed by atoms with Crippen LogP contribution < -0.4 is 5.73 Å². The molecule has 1 aliphatic heterocycles. The van der Waals surface area contributed by atoms with Crippen molar-refractivity contribution < 1.29 is 4.79 Å². The molecule has 0 spiro atoms. The monoisotopic (exact) mass is 248 g/mol. The molecule has 1 aromatic heterocycles. The lowest BCUT2D eigenvalue weighted by Crippen LogP contribution is -2.47. The summed E-state index contributed by atoms with van der Waals surface area (Å²) in [5.41, 5.74) is 6.65. The maximum atomic E-state index is 11.5. The topological polar surface area (TPSA) is 62.5 Å². The van der Waals surface area contributed by atoms with Gasteiger partial charge in [-0.1, -0.05) is 0 Å². The number of aromatic nitrogens is 1. The van der Waals surface area contributed by atoms with Crippen molar-refractivity contribution >= 4 is 6.03 Å². The van der Waals surface area contributed by atoms with Crippen molar-refractivity contribution in [1.29, 1.82) is 0 Å². The molecule has 0 aromatic carbocycles. The minimum atomic E-state index is -0.321. The average Bonchev–Trinajstić information content (AvgIpc) is 2.74. The minimum absolute atomic E-state index is 0.153. The van der Waals surface area contributed by atoms with Gasteiger partial charge in [-0.3, -0.25) is 4.98 Å². The molecule has 2 N–H and O–H groups in total. The van der Waals surface area contributed by atoms with Crippen LogP contribution in [0.3, 0.4) is 0 Å². The summed E-state index contributed by atoms with van der Waals surface area (Å²) in [7, 11) is 4.10. The number of likely N-dealkylation sites (tertiary alicyclic amines) is 1. The molecule has 2 amide bonds. The lowest BCUT2D eigenvalue weighted by molar-refractivity contribution is 0.179. The maximum Gasteiger partial charge on any atom is 0.315 e. The molecule has 2 rings (SSSR count). The molecule has 5 nitrogen and oxygen atoms in total. The predicted octanol–water partition coefficient (Wildman–Crippen LogP) is 0.707. The number of nitrogens with two attached hydrogens (primary N) is 1. The maximum absolute atomic E-state index is 11.5. The van der Waals surface area contributed by atoms with Crippen molar-refractivity contribution in [3.63, 3.8) is 0 Å². The molecule has 1 saturated heterocycles. The first kappa shape index (κ1) is 12.8. The molecule has 0 saturated carbocycles. The molecule has 2 atom stereocenters. The van der Waals surface area contributed by atoms with E-state index in [-0.39, 0.29) is 12.1 Å². The molecule has 2 heterocycles. The first-order valence-corrected chi connectivity index (χ1v) is 6.21. The van der Waals surface area contributed by atoms with Crippen molar-refractivity contribution in [3.8, 4) is 0 Å². The van der Waals surface area contributed by atoms with Crippen molar-refractivity contribution in [1.82, 2.24) is 14.8 Å². The number of carbonyl (C=O) groups is 1. The summed E-state index contributed by atoms with van der Waals surface area (Å²) in [6.07, 6.45) is 5.37. The Labute approximate surface area is 108 Å². The van der Waals surface area contributed by atoms with Gasteiger partial charge < -0.3 is 15.5 Å². The van der Waals surface area contributed by atoms with Crippen molar-refractivity contribution in [2.75, 3.05) is 20.6 Å². The Bertz CT molecular complexity index is 407. The van der Waals surface area contributed by atoms with E-state index in [0.717, 1.165) is 19.4 Å². The molecular formula is C13H20N4O. The Morgan fingerprint density at radius 1 is 1.50 bits per heavy atom. The Kier molecular flexibility index (Phi) is 3.81. The van der Waals surface area contributed by atoms with Crippen molar-refractivity contribution in [2.24, 2.45) is 5.73 Å². The number of primary amides is 1. The van der Waals surface area contributed by atoms with Crippen LogP contribution >= 0.6 is 0 Å². The van der Waals surface area contributed by atoms with E-state index < -0.39 is 0 Å². The van der Waals surface area contributed by atoms with Crippen LogP contribution in [0.4, 0.5) is 4.79 Å². The van der Waals surface area contributed by atoms with Gasteiger partial charge in [-0.2, -0.15) is 0 Å². The van der Waals surface area contributed by atoms with Gasteiger partial charge in [0.2, 0.25) is 0 Å². The summed E-state index contributed by atoms with van der Waals surface area (Å²) in [6.45, 7) is 0.744. The molecule has 1 aromatic rings. The number of pyridine rings is 1. The number of hydrogen-bond acceptors (Lipinski definition) is 3. The molecule has 0 aliphatic carbocycles. The van der Waals surface area contributed by atoms with Gasteiger partial charge in [-0.05, 0) is 44.6 Å². The number of urea groups is 1. The van der Waals surface area contributed by atoms with Crippen LogP contribution in [-0.4, -0.2) is 53.5 Å². The fraction of sp³-hybridized carbons (Fsp3) is 0.538. The zero-order valence-corrected chi connectivity index (χ0v) is 10.9. The summed E-state index contributed by atoms with van der Waals surface area (Å²) >= 11 is 0. The number of nitrogens with zero attached hydrogens (tertiary/aromatic N) is 3. The van der Waals surface area contributed by atoms with Crippen LogP contribution in [0.15, 0.2) is 24.5 Å². The molecule has 0 unspecified atom stereocenters. The van der Waals surface area contributed by atoms with E-state index in [2.05, 4.69) is 24.0 Å². The predicted molar refractivity (Wildman–Crippen MR) is 70.1 cm³/mol. The van der Waals surface area contributed by atoms with Gasteiger partial charge in [0.25, 0.3) is 0 Å². The normalized spacial score (nSPS) is 23.6. The second-order valence-electron chi connectivity index (χ2n) is 4.98. The zero-order valence-electron chi connectivity index (χ0n) is 10.9. The molecule has 0 radical (unpaired) electrons. The molecule has 18 heavy (non-hydrogen) atoms. The smallest absolute Gasteiger partial charge is 0.315 e. The summed E-state index contributed by atoms with van der Waals surface area (Å²) in [6, 6.07) is 4.18. The van der Waals surface area contributed by atoms with E-state index >= 15 is 0 Å².